The summed E-state index contributed by atoms with van der Waals surface area (Å²) in [6.45, 7) is 20.6. The number of carbonyl (C=O) groups excluding carboxylic acids is 2. The fraction of sp³-hybridized carbons (Fsp3) is 0.387. The smallest absolute Gasteiger partial charge is 0.412 e. The summed E-state index contributed by atoms with van der Waals surface area (Å²) in [5.41, 5.74) is 4.93. The molecule has 2 N–H and O–H groups in total. The van der Waals surface area contributed by atoms with Gasteiger partial charge >= 0.3 is 12.2 Å². The van der Waals surface area contributed by atoms with Crippen LogP contribution in [0.15, 0.2) is 77.1 Å². The van der Waals surface area contributed by atoms with Gasteiger partial charge in [0.05, 0.1) is 23.1 Å². The molecule has 0 aromatic heterocycles. The maximum atomic E-state index is 12.6. The van der Waals surface area contributed by atoms with Gasteiger partial charge in [-0.2, -0.15) is 0 Å². The number of nitrogens with zero attached hydrogens (tertiary/aromatic N) is 2. The van der Waals surface area contributed by atoms with Crippen LogP contribution in [-0.2, 0) is 9.47 Å². The number of alkyl carbamates (subject to hydrolysis) is 1. The monoisotopic (exact) mass is 532 g/mol. The molecule has 0 saturated heterocycles. The fourth-order valence-electron chi connectivity index (χ4n) is 4.23. The second-order valence-electron chi connectivity index (χ2n) is 11.5. The number of carbonyl (C=O) groups is 2. The molecule has 0 radical (unpaired) electrons. The Morgan fingerprint density at radius 1 is 1.03 bits per heavy atom. The second-order valence-corrected chi connectivity index (χ2v) is 11.5. The minimum Gasteiger partial charge on any atom is -0.444 e. The van der Waals surface area contributed by atoms with E-state index in [1.54, 1.807) is 6.08 Å². The lowest BCUT2D eigenvalue weighted by atomic mass is 9.93. The zero-order chi connectivity index (χ0) is 29.1. The number of hydrogen-bond acceptors (Lipinski definition) is 6. The van der Waals surface area contributed by atoms with Crippen molar-refractivity contribution in [3.8, 4) is 0 Å². The SMILES string of the molecule is C=C/C=C(\C=C/C)N1c2cc(NC(=O)OC(C)(C)C)c(C)cc2N=C2C=C(C)C(NC(=O)OC(C)(C)C)=CC21. The summed E-state index contributed by atoms with van der Waals surface area (Å²) < 4.78 is 11.0. The molecule has 0 spiro atoms. The molecule has 3 rings (SSSR count). The summed E-state index contributed by atoms with van der Waals surface area (Å²) in [4.78, 5) is 32.3. The van der Waals surface area contributed by atoms with Gasteiger partial charge in [-0.15, -0.1) is 0 Å². The van der Waals surface area contributed by atoms with Gasteiger partial charge in [0.25, 0.3) is 0 Å². The Morgan fingerprint density at radius 2 is 1.64 bits per heavy atom. The maximum absolute atomic E-state index is 12.6. The van der Waals surface area contributed by atoms with Crippen molar-refractivity contribution in [1.29, 1.82) is 0 Å². The van der Waals surface area contributed by atoms with Crippen molar-refractivity contribution in [1.82, 2.24) is 5.32 Å². The van der Waals surface area contributed by atoms with Gasteiger partial charge in [-0.1, -0.05) is 18.7 Å². The standard InChI is InChI=1S/C31H40N4O4/c1-11-13-21(14-12-2)35-26-17-22(33-28(36)38-30(5,6)7)19(3)15-24(26)32-25-16-20(4)23(18-27(25)35)34-29(37)39-31(8,9)10/h11-18,26H,1H2,2-10H3,(H,33,36)(H,34,37)/b14-12-,21-13+. The third kappa shape index (κ3) is 7.50. The third-order valence-corrected chi connectivity index (χ3v) is 5.70. The highest BCUT2D eigenvalue weighted by atomic mass is 16.6. The number of anilines is 2. The molecule has 1 aliphatic carbocycles. The average Bonchev–Trinajstić information content (AvgIpc) is 2.76. The number of amides is 2. The van der Waals surface area contributed by atoms with E-state index in [4.69, 9.17) is 14.5 Å². The van der Waals surface area contributed by atoms with Crippen molar-refractivity contribution in [2.24, 2.45) is 4.99 Å². The zero-order valence-corrected chi connectivity index (χ0v) is 24.4. The number of nitrogens with one attached hydrogen (secondary N) is 2. The van der Waals surface area contributed by atoms with Crippen LogP contribution in [0.25, 0.3) is 0 Å². The Labute approximate surface area is 231 Å². The molecule has 1 heterocycles. The molecule has 0 saturated carbocycles. The molecule has 39 heavy (non-hydrogen) atoms. The lowest BCUT2D eigenvalue weighted by Crippen LogP contribution is -2.44. The van der Waals surface area contributed by atoms with E-state index in [0.29, 0.717) is 11.4 Å². The molecule has 0 fully saturated rings. The van der Waals surface area contributed by atoms with Gasteiger partial charge in [0.2, 0.25) is 0 Å². The van der Waals surface area contributed by atoms with Crippen LogP contribution in [0.2, 0.25) is 0 Å². The normalized spacial score (nSPS) is 17.4. The second kappa shape index (κ2) is 11.4. The summed E-state index contributed by atoms with van der Waals surface area (Å²) in [5, 5.41) is 5.77. The van der Waals surface area contributed by atoms with E-state index in [-0.39, 0.29) is 6.04 Å². The number of fused-ring (bicyclic) bond motifs is 2. The van der Waals surface area contributed by atoms with E-state index < -0.39 is 23.4 Å². The number of ether oxygens (including phenoxy) is 2. The minimum absolute atomic E-state index is 0.342. The first-order chi connectivity index (χ1) is 18.1. The minimum atomic E-state index is -0.627. The molecule has 0 bridgehead atoms. The van der Waals surface area contributed by atoms with Crippen molar-refractivity contribution < 1.29 is 19.1 Å². The van der Waals surface area contributed by atoms with Crippen LogP contribution in [0.5, 0.6) is 0 Å². The molecule has 1 aliphatic heterocycles. The summed E-state index contributed by atoms with van der Waals surface area (Å²) in [6, 6.07) is 3.50. The van der Waals surface area contributed by atoms with Crippen molar-refractivity contribution in [3.05, 3.63) is 77.7 Å². The van der Waals surface area contributed by atoms with Gasteiger partial charge in [-0.05, 0) is 110 Å². The quantitative estimate of drug-likeness (QED) is 0.381. The highest BCUT2D eigenvalue weighted by molar-refractivity contribution is 6.10. The number of benzene rings is 1. The Morgan fingerprint density at radius 3 is 2.21 bits per heavy atom. The topological polar surface area (TPSA) is 92.3 Å². The van der Waals surface area contributed by atoms with Gasteiger partial charge in [-0.3, -0.25) is 10.6 Å². The molecule has 1 unspecified atom stereocenters. The van der Waals surface area contributed by atoms with Crippen molar-refractivity contribution in [3.63, 3.8) is 0 Å². The summed E-state index contributed by atoms with van der Waals surface area (Å²) in [6.07, 6.45) is 10.4. The summed E-state index contributed by atoms with van der Waals surface area (Å²) in [7, 11) is 0. The highest BCUT2D eigenvalue weighted by Crippen LogP contribution is 2.43. The molecule has 1 aromatic rings. The van der Waals surface area contributed by atoms with Gasteiger partial charge in [0.1, 0.15) is 11.2 Å². The van der Waals surface area contributed by atoms with Crippen LogP contribution in [0.4, 0.5) is 26.7 Å². The van der Waals surface area contributed by atoms with Crippen molar-refractivity contribution in [2.45, 2.75) is 79.6 Å². The number of rotatable bonds is 5. The average molecular weight is 533 g/mol. The Hall–Kier alpha value is -4.07. The lowest BCUT2D eigenvalue weighted by Gasteiger charge is -2.39. The highest BCUT2D eigenvalue weighted by Gasteiger charge is 2.34. The molecular formula is C31H40N4O4. The molecule has 8 nitrogen and oxygen atoms in total. The van der Waals surface area contributed by atoms with Crippen LogP contribution >= 0.6 is 0 Å². The molecule has 1 aromatic carbocycles. The Kier molecular flexibility index (Phi) is 8.58. The molecule has 1 atom stereocenters. The number of aliphatic imine (C=N–C) groups is 1. The predicted molar refractivity (Wildman–Crippen MR) is 159 cm³/mol. The first-order valence-electron chi connectivity index (χ1n) is 13.0. The van der Waals surface area contributed by atoms with E-state index in [2.05, 4.69) is 22.1 Å². The number of hydrogen-bond donors (Lipinski definition) is 2. The molecular weight excluding hydrogens is 492 g/mol. The van der Waals surface area contributed by atoms with Crippen LogP contribution in [0.3, 0.4) is 0 Å². The molecule has 2 aliphatic rings. The summed E-state index contributed by atoms with van der Waals surface area (Å²) >= 11 is 0. The zero-order valence-electron chi connectivity index (χ0n) is 24.4. The van der Waals surface area contributed by atoms with Crippen LogP contribution in [-0.4, -0.2) is 35.1 Å². The maximum Gasteiger partial charge on any atom is 0.412 e. The van der Waals surface area contributed by atoms with E-state index in [1.807, 2.05) is 105 Å². The van der Waals surface area contributed by atoms with Crippen LogP contribution in [0.1, 0.15) is 61.0 Å². The Bertz CT molecular complexity index is 1320. The molecule has 8 heteroatoms. The first-order valence-corrected chi connectivity index (χ1v) is 13.0. The fourth-order valence-corrected chi connectivity index (χ4v) is 4.23. The lowest BCUT2D eigenvalue weighted by molar-refractivity contribution is 0.0545. The van der Waals surface area contributed by atoms with E-state index in [9.17, 15) is 9.59 Å². The van der Waals surface area contributed by atoms with Gasteiger partial charge in [0.15, 0.2) is 0 Å². The third-order valence-electron chi connectivity index (χ3n) is 5.70. The number of allylic oxidation sites excluding steroid dienone is 5. The molecule has 2 amide bonds. The largest absolute Gasteiger partial charge is 0.444 e. The van der Waals surface area contributed by atoms with Crippen molar-refractivity contribution in [2.75, 3.05) is 10.2 Å². The molecule has 208 valence electrons. The van der Waals surface area contributed by atoms with E-state index in [1.165, 1.54) is 0 Å². The van der Waals surface area contributed by atoms with Gasteiger partial charge in [0, 0.05) is 17.1 Å². The van der Waals surface area contributed by atoms with Crippen LogP contribution in [0, 0.1) is 6.92 Å². The van der Waals surface area contributed by atoms with E-state index >= 15 is 0 Å². The Balaban J connectivity index is 2.13. The number of aryl methyl sites for hydroxylation is 1. The van der Waals surface area contributed by atoms with Gasteiger partial charge < -0.3 is 14.4 Å². The summed E-state index contributed by atoms with van der Waals surface area (Å²) in [5.74, 6) is 0. The predicted octanol–water partition coefficient (Wildman–Crippen LogP) is 7.62. The first kappa shape index (κ1) is 29.5. The van der Waals surface area contributed by atoms with Gasteiger partial charge in [-0.25, -0.2) is 14.6 Å². The van der Waals surface area contributed by atoms with E-state index in [0.717, 1.165) is 33.9 Å². The van der Waals surface area contributed by atoms with Crippen molar-refractivity contribution >= 4 is 35.0 Å². The van der Waals surface area contributed by atoms with Crippen LogP contribution < -0.4 is 15.5 Å².